The molecule has 0 fully saturated rings. The molecule has 2 amide bonds. The van der Waals surface area contributed by atoms with E-state index in [4.69, 9.17) is 16.3 Å². The molecule has 3 rings (SSSR count). The molecule has 0 bridgehead atoms. The highest BCUT2D eigenvalue weighted by molar-refractivity contribution is 6.31. The predicted octanol–water partition coefficient (Wildman–Crippen LogP) is 3.51. The molecule has 7 heteroatoms. The van der Waals surface area contributed by atoms with Crippen molar-refractivity contribution in [1.82, 2.24) is 0 Å². The second-order valence-corrected chi connectivity index (χ2v) is 4.80. The molecular weight excluding hydrogens is 294 g/mol. The molecule has 6 nitrogen and oxygen atoms in total. The molecule has 108 valence electrons. The first kappa shape index (κ1) is 13.5. The number of benzene rings is 2. The minimum atomic E-state index is -0.517. The second kappa shape index (κ2) is 5.16. The minimum absolute atomic E-state index is 0.333. The summed E-state index contributed by atoms with van der Waals surface area (Å²) in [6.07, 6.45) is 0. The van der Waals surface area contributed by atoms with Crippen LogP contribution < -0.4 is 20.2 Å². The third-order valence-electron chi connectivity index (χ3n) is 3.11. The summed E-state index contributed by atoms with van der Waals surface area (Å²) in [6, 6.07) is 11.2. The molecule has 1 aliphatic heterocycles. The maximum Gasteiger partial charge on any atom is 0.347 e. The molecule has 0 radical (unpaired) electrons. The fourth-order valence-electron chi connectivity index (χ4n) is 2.16. The Hall–Kier alpha value is -2.44. The maximum atomic E-state index is 12.3. The number of amides is 2. The molecule has 0 atom stereocenters. The van der Waals surface area contributed by atoms with Crippen molar-refractivity contribution in [3.63, 3.8) is 0 Å². The van der Waals surface area contributed by atoms with Gasteiger partial charge in [-0.15, -0.1) is 0 Å². The van der Waals surface area contributed by atoms with Crippen LogP contribution >= 0.6 is 11.6 Å². The number of hydrogen-bond acceptors (Lipinski definition) is 4. The number of rotatable bonds is 2. The van der Waals surface area contributed by atoms with Gasteiger partial charge in [-0.2, -0.15) is 10.2 Å². The Kier molecular flexibility index (Phi) is 3.32. The third kappa shape index (κ3) is 2.24. The molecule has 0 saturated carbocycles. The molecule has 0 spiro atoms. The number of hydrogen-bond donors (Lipinski definition) is 2. The van der Waals surface area contributed by atoms with Gasteiger partial charge in [0.1, 0.15) is 17.1 Å². The predicted molar refractivity (Wildman–Crippen MR) is 80.2 cm³/mol. The molecule has 0 saturated heterocycles. The van der Waals surface area contributed by atoms with E-state index >= 15 is 0 Å². The number of nitrogens with zero attached hydrogens (tertiary/aromatic N) is 2. The Morgan fingerprint density at radius 3 is 2.71 bits per heavy atom. The Balaban J connectivity index is 2.11. The first-order valence-corrected chi connectivity index (χ1v) is 6.52. The number of halogens is 1. The van der Waals surface area contributed by atoms with E-state index in [2.05, 4.69) is 5.32 Å². The van der Waals surface area contributed by atoms with Crippen molar-refractivity contribution in [2.75, 3.05) is 22.6 Å². The van der Waals surface area contributed by atoms with Gasteiger partial charge in [-0.25, -0.2) is 4.79 Å². The summed E-state index contributed by atoms with van der Waals surface area (Å²) < 4.78 is 5.22. The molecule has 1 aliphatic rings. The van der Waals surface area contributed by atoms with Gasteiger partial charge >= 0.3 is 6.03 Å². The van der Waals surface area contributed by atoms with Crippen LogP contribution in [-0.2, 0) is 0 Å². The van der Waals surface area contributed by atoms with Gasteiger partial charge in [-0.05, 0) is 30.3 Å². The number of para-hydroxylation sites is 2. The van der Waals surface area contributed by atoms with Gasteiger partial charge in [0.2, 0.25) is 0 Å². The summed E-state index contributed by atoms with van der Waals surface area (Å²) in [5.41, 5.74) is 1.29. The van der Waals surface area contributed by atoms with Crippen LogP contribution in [0.5, 0.6) is 5.75 Å². The van der Waals surface area contributed by atoms with Crippen LogP contribution in [0.4, 0.5) is 21.9 Å². The number of hydrazine groups is 1. The standard InChI is InChI=1S/C14H12ClN3O3/c1-21-13-7-6-9(15)8-12(13)17-14(19)16-10-4-2-3-5-11(10)18(17)20/h2-8,20H,1H3,(H,16,19). The Morgan fingerprint density at radius 2 is 1.95 bits per heavy atom. The van der Waals surface area contributed by atoms with Gasteiger partial charge in [0.15, 0.2) is 0 Å². The monoisotopic (exact) mass is 305 g/mol. The van der Waals surface area contributed by atoms with Gasteiger partial charge in [-0.1, -0.05) is 23.7 Å². The van der Waals surface area contributed by atoms with E-state index < -0.39 is 6.03 Å². The van der Waals surface area contributed by atoms with Crippen molar-refractivity contribution in [2.24, 2.45) is 0 Å². The van der Waals surface area contributed by atoms with Crippen molar-refractivity contribution in [3.8, 4) is 5.75 Å². The zero-order valence-corrected chi connectivity index (χ0v) is 11.8. The summed E-state index contributed by atoms with van der Waals surface area (Å²) in [4.78, 5) is 12.3. The number of urea groups is 1. The second-order valence-electron chi connectivity index (χ2n) is 4.36. The van der Waals surface area contributed by atoms with Gasteiger partial charge < -0.3 is 10.1 Å². The highest BCUT2D eigenvalue weighted by Gasteiger charge is 2.32. The van der Waals surface area contributed by atoms with Gasteiger partial charge in [0.25, 0.3) is 0 Å². The SMILES string of the molecule is COc1ccc(Cl)cc1N1C(=O)Nc2ccccc2N1O. The quantitative estimate of drug-likeness (QED) is 0.891. The van der Waals surface area contributed by atoms with E-state index in [-0.39, 0.29) is 0 Å². The van der Waals surface area contributed by atoms with Crippen molar-refractivity contribution < 1.29 is 14.7 Å². The van der Waals surface area contributed by atoms with Crippen molar-refractivity contribution in [1.29, 1.82) is 0 Å². The number of ether oxygens (including phenoxy) is 1. The summed E-state index contributed by atoms with van der Waals surface area (Å²) in [5.74, 6) is 0.410. The highest BCUT2D eigenvalue weighted by atomic mass is 35.5. The fourth-order valence-corrected chi connectivity index (χ4v) is 2.32. The van der Waals surface area contributed by atoms with Crippen LogP contribution in [0.25, 0.3) is 0 Å². The molecule has 0 aliphatic carbocycles. The summed E-state index contributed by atoms with van der Waals surface area (Å²) in [5, 5.41) is 15.3. The van der Waals surface area contributed by atoms with Crippen LogP contribution in [0.1, 0.15) is 0 Å². The molecule has 1 heterocycles. The van der Waals surface area contributed by atoms with Gasteiger partial charge in [0, 0.05) is 5.02 Å². The number of carbonyl (C=O) groups is 1. The van der Waals surface area contributed by atoms with Gasteiger partial charge in [0.05, 0.1) is 12.8 Å². The van der Waals surface area contributed by atoms with Crippen LogP contribution in [-0.4, -0.2) is 18.3 Å². The number of nitrogens with one attached hydrogen (secondary N) is 1. The maximum absolute atomic E-state index is 12.3. The Bertz CT molecular complexity index is 708. The average Bonchev–Trinajstić information content (AvgIpc) is 2.47. The Morgan fingerprint density at radius 1 is 1.19 bits per heavy atom. The van der Waals surface area contributed by atoms with E-state index in [0.717, 1.165) is 10.2 Å². The first-order chi connectivity index (χ1) is 10.1. The lowest BCUT2D eigenvalue weighted by Crippen LogP contribution is -2.51. The molecule has 0 unspecified atom stereocenters. The number of carbonyl (C=O) groups excluding carboxylic acids is 1. The molecule has 2 aromatic carbocycles. The minimum Gasteiger partial charge on any atom is -0.494 e. The van der Waals surface area contributed by atoms with Crippen LogP contribution in [0.15, 0.2) is 42.5 Å². The third-order valence-corrected chi connectivity index (χ3v) is 3.35. The van der Waals surface area contributed by atoms with E-state index in [9.17, 15) is 10.0 Å². The zero-order chi connectivity index (χ0) is 15.0. The number of anilines is 3. The van der Waals surface area contributed by atoms with E-state index in [0.29, 0.717) is 27.8 Å². The normalized spacial score (nSPS) is 13.8. The van der Waals surface area contributed by atoms with Crippen molar-refractivity contribution in [2.45, 2.75) is 0 Å². The average molecular weight is 306 g/mol. The molecule has 0 aromatic heterocycles. The molecular formula is C14H12ClN3O3. The summed E-state index contributed by atoms with van der Waals surface area (Å²) >= 11 is 5.97. The van der Waals surface area contributed by atoms with Crippen LogP contribution in [0.2, 0.25) is 5.02 Å². The van der Waals surface area contributed by atoms with Gasteiger partial charge in [-0.3, -0.25) is 5.21 Å². The lowest BCUT2D eigenvalue weighted by Gasteiger charge is -2.36. The fraction of sp³-hybridized carbons (Fsp3) is 0.0714. The number of fused-ring (bicyclic) bond motifs is 1. The number of methoxy groups -OCH3 is 1. The molecule has 2 N–H and O–H groups in total. The van der Waals surface area contributed by atoms with Crippen molar-refractivity contribution in [3.05, 3.63) is 47.5 Å². The largest absolute Gasteiger partial charge is 0.494 e. The highest BCUT2D eigenvalue weighted by Crippen LogP contribution is 2.38. The van der Waals surface area contributed by atoms with Crippen molar-refractivity contribution >= 4 is 34.7 Å². The van der Waals surface area contributed by atoms with Crippen LogP contribution in [0.3, 0.4) is 0 Å². The summed E-state index contributed by atoms with van der Waals surface area (Å²) in [6.45, 7) is 0. The van der Waals surface area contributed by atoms with E-state index in [1.165, 1.54) is 13.2 Å². The summed E-state index contributed by atoms with van der Waals surface area (Å²) in [7, 11) is 1.48. The molecule has 2 aromatic rings. The van der Waals surface area contributed by atoms with E-state index in [1.807, 2.05) is 0 Å². The topological polar surface area (TPSA) is 65.0 Å². The molecule has 21 heavy (non-hydrogen) atoms. The smallest absolute Gasteiger partial charge is 0.347 e. The lowest BCUT2D eigenvalue weighted by atomic mass is 10.2. The zero-order valence-electron chi connectivity index (χ0n) is 11.1. The van der Waals surface area contributed by atoms with Crippen LogP contribution in [0, 0.1) is 0 Å². The first-order valence-electron chi connectivity index (χ1n) is 6.14. The Labute approximate surface area is 126 Å². The van der Waals surface area contributed by atoms with E-state index in [1.54, 1.807) is 36.4 Å². The lowest BCUT2D eigenvalue weighted by molar-refractivity contribution is 0.220.